The summed E-state index contributed by atoms with van der Waals surface area (Å²) in [5.41, 5.74) is -0.497. The third-order valence-corrected chi connectivity index (χ3v) is 3.05. The topological polar surface area (TPSA) is 71.5 Å². The molecule has 0 aliphatic heterocycles. The van der Waals surface area contributed by atoms with Crippen molar-refractivity contribution in [3.05, 3.63) is 53.7 Å². The largest absolute Gasteiger partial charge is 0.439 e. The number of aliphatic hydroxyl groups is 1. The first-order valence-electron chi connectivity index (χ1n) is 7.02. The van der Waals surface area contributed by atoms with Crippen LogP contribution in [0.1, 0.15) is 22.8 Å². The highest BCUT2D eigenvalue weighted by Gasteiger charge is 2.30. The zero-order chi connectivity index (χ0) is 17.7. The SMILES string of the molecule is CC(CO)NC(=O)c1ccc(Oc2ccc(C(F)(F)F)cn2)cc1. The highest BCUT2D eigenvalue weighted by molar-refractivity contribution is 5.94. The molecule has 0 saturated heterocycles. The predicted molar refractivity (Wildman–Crippen MR) is 79.8 cm³/mol. The highest BCUT2D eigenvalue weighted by Crippen LogP contribution is 2.30. The number of aromatic nitrogens is 1. The van der Waals surface area contributed by atoms with Gasteiger partial charge in [-0.3, -0.25) is 4.79 Å². The Morgan fingerprint density at radius 2 is 1.92 bits per heavy atom. The molecule has 24 heavy (non-hydrogen) atoms. The standard InChI is InChI=1S/C16H15F3N2O3/c1-10(9-22)21-15(23)11-2-5-13(6-3-11)24-14-7-4-12(8-20-14)16(17,18)19/h2-8,10,22H,9H2,1H3,(H,21,23). The van der Waals surface area contributed by atoms with Crippen molar-refractivity contribution in [1.82, 2.24) is 10.3 Å². The number of hydrogen-bond acceptors (Lipinski definition) is 4. The number of nitrogens with one attached hydrogen (secondary N) is 1. The molecule has 2 rings (SSSR count). The lowest BCUT2D eigenvalue weighted by molar-refractivity contribution is -0.137. The second kappa shape index (κ2) is 7.31. The van der Waals surface area contributed by atoms with Crippen molar-refractivity contribution in [2.75, 3.05) is 6.61 Å². The predicted octanol–water partition coefficient (Wildman–Crippen LogP) is 3.00. The molecule has 8 heteroatoms. The van der Waals surface area contributed by atoms with Crippen molar-refractivity contribution in [1.29, 1.82) is 0 Å². The van der Waals surface area contributed by atoms with Crippen LogP contribution in [0.4, 0.5) is 13.2 Å². The van der Waals surface area contributed by atoms with Crippen molar-refractivity contribution < 1.29 is 27.8 Å². The zero-order valence-electron chi connectivity index (χ0n) is 12.7. The monoisotopic (exact) mass is 340 g/mol. The number of halogens is 3. The van der Waals surface area contributed by atoms with E-state index in [0.717, 1.165) is 12.1 Å². The number of carbonyl (C=O) groups is 1. The molecule has 2 N–H and O–H groups in total. The summed E-state index contributed by atoms with van der Waals surface area (Å²) in [6, 6.07) is 7.62. The van der Waals surface area contributed by atoms with Crippen LogP contribution in [0.15, 0.2) is 42.6 Å². The Balaban J connectivity index is 2.02. The van der Waals surface area contributed by atoms with Crippen LogP contribution in [0.5, 0.6) is 11.6 Å². The summed E-state index contributed by atoms with van der Waals surface area (Å²) < 4.78 is 42.7. The molecule has 0 aliphatic carbocycles. The number of ether oxygens (including phenoxy) is 1. The molecule has 2 aromatic rings. The number of alkyl halides is 3. The normalized spacial score (nSPS) is 12.5. The smallest absolute Gasteiger partial charge is 0.417 e. The van der Waals surface area contributed by atoms with Crippen LogP contribution < -0.4 is 10.1 Å². The molecule has 1 atom stereocenters. The Morgan fingerprint density at radius 1 is 1.25 bits per heavy atom. The molecule has 1 aromatic carbocycles. The Bertz CT molecular complexity index is 685. The molecule has 0 fully saturated rings. The van der Waals surface area contributed by atoms with Crippen LogP contribution in [-0.2, 0) is 6.18 Å². The van der Waals surface area contributed by atoms with Crippen molar-refractivity contribution >= 4 is 5.91 Å². The average molecular weight is 340 g/mol. The number of amides is 1. The van der Waals surface area contributed by atoms with E-state index in [4.69, 9.17) is 9.84 Å². The first kappa shape index (κ1) is 17.7. The van der Waals surface area contributed by atoms with Crippen LogP contribution in [0.25, 0.3) is 0 Å². The van der Waals surface area contributed by atoms with E-state index < -0.39 is 11.7 Å². The van der Waals surface area contributed by atoms with Crippen molar-refractivity contribution in [3.8, 4) is 11.6 Å². The van der Waals surface area contributed by atoms with Crippen molar-refractivity contribution in [2.45, 2.75) is 19.1 Å². The van der Waals surface area contributed by atoms with Gasteiger partial charge in [0.05, 0.1) is 12.2 Å². The van der Waals surface area contributed by atoms with Crippen LogP contribution >= 0.6 is 0 Å². The summed E-state index contributed by atoms with van der Waals surface area (Å²) in [4.78, 5) is 15.4. The fourth-order valence-corrected chi connectivity index (χ4v) is 1.76. The lowest BCUT2D eigenvalue weighted by atomic mass is 10.2. The Morgan fingerprint density at radius 3 is 2.42 bits per heavy atom. The lowest BCUT2D eigenvalue weighted by Gasteiger charge is -2.11. The van der Waals surface area contributed by atoms with E-state index in [1.54, 1.807) is 6.92 Å². The second-order valence-corrected chi connectivity index (χ2v) is 5.07. The Hall–Kier alpha value is -2.61. The van der Waals surface area contributed by atoms with Gasteiger partial charge in [-0.2, -0.15) is 13.2 Å². The molecule has 0 radical (unpaired) electrons. The van der Waals surface area contributed by atoms with Crippen LogP contribution in [-0.4, -0.2) is 28.6 Å². The number of benzene rings is 1. The van der Waals surface area contributed by atoms with E-state index in [1.165, 1.54) is 24.3 Å². The summed E-state index contributed by atoms with van der Waals surface area (Å²) in [7, 11) is 0. The summed E-state index contributed by atoms with van der Waals surface area (Å²) in [6.07, 6.45) is -3.76. The Labute approximate surface area is 136 Å². The van der Waals surface area contributed by atoms with Crippen LogP contribution in [0, 0.1) is 0 Å². The number of hydrogen-bond donors (Lipinski definition) is 2. The highest BCUT2D eigenvalue weighted by atomic mass is 19.4. The van der Waals surface area contributed by atoms with E-state index in [0.29, 0.717) is 17.5 Å². The fourth-order valence-electron chi connectivity index (χ4n) is 1.76. The number of pyridine rings is 1. The lowest BCUT2D eigenvalue weighted by Crippen LogP contribution is -2.34. The van der Waals surface area contributed by atoms with Gasteiger partial charge in [0.1, 0.15) is 5.75 Å². The minimum Gasteiger partial charge on any atom is -0.439 e. The molecule has 1 heterocycles. The van der Waals surface area contributed by atoms with E-state index >= 15 is 0 Å². The van der Waals surface area contributed by atoms with E-state index in [1.807, 2.05) is 0 Å². The quantitative estimate of drug-likeness (QED) is 0.878. The van der Waals surface area contributed by atoms with Gasteiger partial charge in [-0.05, 0) is 37.3 Å². The van der Waals surface area contributed by atoms with Gasteiger partial charge in [-0.25, -0.2) is 4.98 Å². The van der Waals surface area contributed by atoms with Crippen molar-refractivity contribution in [2.24, 2.45) is 0 Å². The van der Waals surface area contributed by atoms with Gasteiger partial charge >= 0.3 is 6.18 Å². The fraction of sp³-hybridized carbons (Fsp3) is 0.250. The second-order valence-electron chi connectivity index (χ2n) is 5.07. The van der Waals surface area contributed by atoms with E-state index in [9.17, 15) is 18.0 Å². The number of carbonyl (C=O) groups excluding carboxylic acids is 1. The van der Waals surface area contributed by atoms with Crippen molar-refractivity contribution in [3.63, 3.8) is 0 Å². The molecule has 1 amide bonds. The molecule has 1 aromatic heterocycles. The maximum atomic E-state index is 12.4. The molecule has 0 spiro atoms. The van der Waals surface area contributed by atoms with E-state index in [-0.39, 0.29) is 24.4 Å². The maximum Gasteiger partial charge on any atom is 0.417 e. The molecular formula is C16H15F3N2O3. The van der Waals surface area contributed by atoms with Crippen LogP contribution in [0.2, 0.25) is 0 Å². The molecule has 0 saturated carbocycles. The van der Waals surface area contributed by atoms with Gasteiger partial charge in [0.15, 0.2) is 0 Å². The van der Waals surface area contributed by atoms with Gasteiger partial charge in [0.2, 0.25) is 5.88 Å². The minimum atomic E-state index is -4.45. The first-order valence-corrected chi connectivity index (χ1v) is 7.02. The Kier molecular flexibility index (Phi) is 5.40. The summed E-state index contributed by atoms with van der Waals surface area (Å²) >= 11 is 0. The van der Waals surface area contributed by atoms with Gasteiger partial charge in [-0.15, -0.1) is 0 Å². The number of aliphatic hydroxyl groups excluding tert-OH is 1. The minimum absolute atomic E-state index is 0.00843. The number of nitrogens with zero attached hydrogens (tertiary/aromatic N) is 1. The third-order valence-electron chi connectivity index (χ3n) is 3.05. The van der Waals surface area contributed by atoms with Crippen LogP contribution in [0.3, 0.4) is 0 Å². The summed E-state index contributed by atoms with van der Waals surface area (Å²) in [5, 5.41) is 11.5. The molecule has 0 aliphatic rings. The van der Waals surface area contributed by atoms with Gasteiger partial charge in [0, 0.05) is 23.9 Å². The molecule has 0 bridgehead atoms. The van der Waals surface area contributed by atoms with Gasteiger partial charge in [-0.1, -0.05) is 0 Å². The molecule has 128 valence electrons. The van der Waals surface area contributed by atoms with Gasteiger partial charge < -0.3 is 15.2 Å². The molecular weight excluding hydrogens is 325 g/mol. The maximum absolute atomic E-state index is 12.4. The summed E-state index contributed by atoms with van der Waals surface area (Å²) in [6.45, 7) is 1.48. The number of rotatable bonds is 5. The zero-order valence-corrected chi connectivity index (χ0v) is 12.7. The van der Waals surface area contributed by atoms with E-state index in [2.05, 4.69) is 10.3 Å². The molecule has 5 nitrogen and oxygen atoms in total. The van der Waals surface area contributed by atoms with Gasteiger partial charge in [0.25, 0.3) is 5.91 Å². The third kappa shape index (κ3) is 4.69. The molecule has 1 unspecified atom stereocenters. The average Bonchev–Trinajstić information content (AvgIpc) is 2.55. The summed E-state index contributed by atoms with van der Waals surface area (Å²) in [5.74, 6) is -0.0149. The first-order chi connectivity index (χ1) is 11.3.